The van der Waals surface area contributed by atoms with E-state index in [0.717, 1.165) is 19.3 Å². The molecule has 1 saturated heterocycles. The molecule has 2 aliphatic rings. The number of hydrogen-bond donors (Lipinski definition) is 3. The summed E-state index contributed by atoms with van der Waals surface area (Å²) >= 11 is 0. The zero-order valence-corrected chi connectivity index (χ0v) is 16.9. The first-order valence-corrected chi connectivity index (χ1v) is 11.7. The van der Waals surface area contributed by atoms with Crippen molar-refractivity contribution in [3.63, 3.8) is 0 Å². The highest BCUT2D eigenvalue weighted by molar-refractivity contribution is 7.88. The number of benzene rings is 1. The molecule has 0 bridgehead atoms. The summed E-state index contributed by atoms with van der Waals surface area (Å²) in [6.45, 7) is 0.298. The van der Waals surface area contributed by atoms with Crippen LogP contribution in [-0.4, -0.2) is 50.8 Å². The first-order valence-electron chi connectivity index (χ1n) is 10.0. The minimum absolute atomic E-state index is 0.0892. The molecular formula is C20H30N2O5S. The van der Waals surface area contributed by atoms with Gasteiger partial charge in [-0.15, -0.1) is 0 Å². The number of carbonyl (C=O) groups is 1. The van der Waals surface area contributed by atoms with E-state index in [1.54, 1.807) is 24.3 Å². The van der Waals surface area contributed by atoms with Crippen LogP contribution in [0, 0.1) is 5.92 Å². The van der Waals surface area contributed by atoms with Crippen LogP contribution in [0.3, 0.4) is 0 Å². The Morgan fingerprint density at radius 3 is 2.54 bits per heavy atom. The summed E-state index contributed by atoms with van der Waals surface area (Å²) in [5.74, 6) is 0.187. The molecule has 7 nitrogen and oxygen atoms in total. The number of aliphatic hydroxyl groups is 1. The summed E-state index contributed by atoms with van der Waals surface area (Å²) in [5, 5.41) is 12.6. The van der Waals surface area contributed by atoms with Crippen LogP contribution in [0.5, 0.6) is 0 Å². The largest absolute Gasteiger partial charge is 0.394 e. The molecule has 1 aromatic carbocycles. The fourth-order valence-electron chi connectivity index (χ4n) is 3.72. The van der Waals surface area contributed by atoms with Crippen LogP contribution in [0.15, 0.2) is 30.3 Å². The second-order valence-electron chi connectivity index (χ2n) is 7.73. The number of hydrogen-bond acceptors (Lipinski definition) is 5. The van der Waals surface area contributed by atoms with E-state index in [9.17, 15) is 18.3 Å². The molecule has 3 rings (SSSR count). The molecule has 1 aliphatic carbocycles. The number of ether oxygens (including phenoxy) is 1. The molecule has 8 heteroatoms. The fourth-order valence-corrected chi connectivity index (χ4v) is 5.16. The van der Waals surface area contributed by atoms with Crippen LogP contribution in [0.1, 0.15) is 44.1 Å². The lowest BCUT2D eigenvalue weighted by Gasteiger charge is -2.36. The van der Waals surface area contributed by atoms with Gasteiger partial charge < -0.3 is 15.2 Å². The van der Waals surface area contributed by atoms with Crippen LogP contribution in [0.2, 0.25) is 0 Å². The SMILES string of the molecule is O=C(NCC[C@H]1CC[C@H](NS(=O)(=O)Cc2ccccc2)[C@H](CO)O1)C1CCC1. The lowest BCUT2D eigenvalue weighted by atomic mass is 9.85. The summed E-state index contributed by atoms with van der Waals surface area (Å²) in [4.78, 5) is 11.9. The standard InChI is InChI=1S/C20H30N2O5S/c23-13-19-18(22-28(25,26)14-15-5-2-1-3-6-15)10-9-17(27-19)11-12-21-20(24)16-7-4-8-16/h1-3,5-6,16-19,22-23H,4,7-14H2,(H,21,24)/t17-,18+,19+/m1/s1. The van der Waals surface area contributed by atoms with Gasteiger partial charge in [0.15, 0.2) is 0 Å². The third kappa shape index (κ3) is 6.01. The molecule has 28 heavy (non-hydrogen) atoms. The van der Waals surface area contributed by atoms with Gasteiger partial charge in [-0.05, 0) is 37.7 Å². The van der Waals surface area contributed by atoms with Gasteiger partial charge in [0.25, 0.3) is 0 Å². The van der Waals surface area contributed by atoms with Crippen molar-refractivity contribution >= 4 is 15.9 Å². The average Bonchev–Trinajstić information content (AvgIpc) is 2.61. The molecule has 1 aromatic rings. The Hall–Kier alpha value is -1.48. The highest BCUT2D eigenvalue weighted by atomic mass is 32.2. The van der Waals surface area contributed by atoms with Gasteiger partial charge >= 0.3 is 0 Å². The van der Waals surface area contributed by atoms with Gasteiger partial charge in [0.05, 0.1) is 30.6 Å². The van der Waals surface area contributed by atoms with Gasteiger partial charge in [0.1, 0.15) is 0 Å². The van der Waals surface area contributed by atoms with E-state index in [1.807, 2.05) is 6.07 Å². The zero-order valence-electron chi connectivity index (χ0n) is 16.0. The topological polar surface area (TPSA) is 105 Å². The quantitative estimate of drug-likeness (QED) is 0.570. The Labute approximate surface area is 166 Å². The maximum atomic E-state index is 12.5. The predicted molar refractivity (Wildman–Crippen MR) is 106 cm³/mol. The summed E-state index contributed by atoms with van der Waals surface area (Å²) in [7, 11) is -3.53. The molecule has 1 heterocycles. The second kappa shape index (κ2) is 9.82. The third-order valence-corrected chi connectivity index (χ3v) is 6.94. The molecule has 3 atom stereocenters. The number of rotatable bonds is 9. The highest BCUT2D eigenvalue weighted by Gasteiger charge is 2.33. The summed E-state index contributed by atoms with van der Waals surface area (Å²) < 4.78 is 33.5. The van der Waals surface area contributed by atoms with E-state index in [1.165, 1.54) is 0 Å². The first kappa shape index (κ1) is 21.2. The van der Waals surface area contributed by atoms with Crippen molar-refractivity contribution in [3.8, 4) is 0 Å². The lowest BCUT2D eigenvalue weighted by molar-refractivity contribution is -0.127. The van der Waals surface area contributed by atoms with Crippen LogP contribution in [0.25, 0.3) is 0 Å². The van der Waals surface area contributed by atoms with Crippen molar-refractivity contribution in [2.24, 2.45) is 5.92 Å². The van der Waals surface area contributed by atoms with Crippen molar-refractivity contribution < 1.29 is 23.1 Å². The Bertz CT molecular complexity index is 736. The Balaban J connectivity index is 1.45. The van der Waals surface area contributed by atoms with Gasteiger partial charge in [-0.2, -0.15) is 0 Å². The Morgan fingerprint density at radius 2 is 1.89 bits per heavy atom. The van der Waals surface area contributed by atoms with E-state index in [2.05, 4.69) is 10.0 Å². The molecule has 0 aromatic heterocycles. The monoisotopic (exact) mass is 410 g/mol. The van der Waals surface area contributed by atoms with E-state index in [-0.39, 0.29) is 30.3 Å². The van der Waals surface area contributed by atoms with Crippen molar-refractivity contribution in [2.45, 2.75) is 62.5 Å². The average molecular weight is 411 g/mol. The smallest absolute Gasteiger partial charge is 0.223 e. The molecule has 1 aliphatic heterocycles. The summed E-state index contributed by atoms with van der Waals surface area (Å²) in [6.07, 6.45) is 4.36. The van der Waals surface area contributed by atoms with Gasteiger partial charge in [0.2, 0.25) is 15.9 Å². The van der Waals surface area contributed by atoms with Gasteiger partial charge in [-0.25, -0.2) is 13.1 Å². The summed E-state index contributed by atoms with van der Waals surface area (Å²) in [5.41, 5.74) is 0.715. The number of nitrogens with one attached hydrogen (secondary N) is 2. The van der Waals surface area contributed by atoms with Crippen LogP contribution < -0.4 is 10.0 Å². The number of sulfonamides is 1. The maximum Gasteiger partial charge on any atom is 0.223 e. The van der Waals surface area contributed by atoms with Crippen molar-refractivity contribution in [2.75, 3.05) is 13.2 Å². The van der Waals surface area contributed by atoms with Gasteiger partial charge in [-0.3, -0.25) is 4.79 Å². The van der Waals surface area contributed by atoms with E-state index in [4.69, 9.17) is 4.74 Å². The van der Waals surface area contributed by atoms with E-state index < -0.39 is 22.2 Å². The highest BCUT2D eigenvalue weighted by Crippen LogP contribution is 2.26. The van der Waals surface area contributed by atoms with Crippen molar-refractivity contribution in [1.82, 2.24) is 10.0 Å². The van der Waals surface area contributed by atoms with Crippen LogP contribution in [-0.2, 0) is 25.3 Å². The Kier molecular flexibility index (Phi) is 7.45. The minimum Gasteiger partial charge on any atom is -0.394 e. The van der Waals surface area contributed by atoms with Gasteiger partial charge in [0, 0.05) is 12.5 Å². The molecule has 0 spiro atoms. The molecule has 0 unspecified atom stereocenters. The van der Waals surface area contributed by atoms with Crippen molar-refractivity contribution in [1.29, 1.82) is 0 Å². The first-order chi connectivity index (χ1) is 13.5. The second-order valence-corrected chi connectivity index (χ2v) is 9.49. The molecule has 3 N–H and O–H groups in total. The molecule has 156 valence electrons. The molecule has 0 radical (unpaired) electrons. The third-order valence-electron chi connectivity index (χ3n) is 5.57. The fraction of sp³-hybridized carbons (Fsp3) is 0.650. The predicted octanol–water partition coefficient (Wildman–Crippen LogP) is 1.32. The van der Waals surface area contributed by atoms with Gasteiger partial charge in [-0.1, -0.05) is 36.8 Å². The zero-order chi connectivity index (χ0) is 20.0. The molecule has 1 saturated carbocycles. The van der Waals surface area contributed by atoms with E-state index >= 15 is 0 Å². The number of carbonyl (C=O) groups excluding carboxylic acids is 1. The normalized spacial score (nSPS) is 25.8. The minimum atomic E-state index is -3.53. The molecular weight excluding hydrogens is 380 g/mol. The summed E-state index contributed by atoms with van der Waals surface area (Å²) in [6, 6.07) is 8.55. The number of amides is 1. The molecule has 1 amide bonds. The maximum absolute atomic E-state index is 12.5. The molecule has 2 fully saturated rings. The van der Waals surface area contributed by atoms with Crippen LogP contribution in [0.4, 0.5) is 0 Å². The lowest BCUT2D eigenvalue weighted by Crippen LogP contribution is -2.51. The van der Waals surface area contributed by atoms with E-state index in [0.29, 0.717) is 31.4 Å². The number of aliphatic hydroxyl groups excluding tert-OH is 1. The van der Waals surface area contributed by atoms with Crippen molar-refractivity contribution in [3.05, 3.63) is 35.9 Å². The van der Waals surface area contributed by atoms with Crippen LogP contribution >= 0.6 is 0 Å². The Morgan fingerprint density at radius 1 is 1.14 bits per heavy atom.